The van der Waals surface area contributed by atoms with Crippen molar-refractivity contribution in [2.24, 2.45) is 9.98 Å². The molecule has 0 unspecified atom stereocenters. The van der Waals surface area contributed by atoms with Crippen LogP contribution in [0.2, 0.25) is 0 Å². The Morgan fingerprint density at radius 2 is 1.24 bits per heavy atom. The Labute approximate surface area is 174 Å². The number of amidine groups is 2. The van der Waals surface area contributed by atoms with Crippen molar-refractivity contribution in [3.63, 3.8) is 0 Å². The fourth-order valence-electron chi connectivity index (χ4n) is 2.38. The quantitative estimate of drug-likeness (QED) is 0.543. The van der Waals surface area contributed by atoms with Crippen LogP contribution in [-0.2, 0) is 0 Å². The maximum Gasteiger partial charge on any atom is 0.164 e. The highest BCUT2D eigenvalue weighted by Gasteiger charge is 2.21. The Balaban J connectivity index is 0.000000644. The molecule has 1 aliphatic rings. The second-order valence-corrected chi connectivity index (χ2v) is 4.97. The van der Waals surface area contributed by atoms with Crippen LogP contribution in [0.25, 0.3) is 0 Å². The molecule has 3 heterocycles. The molecule has 0 atom stereocenters. The Hall–Kier alpha value is -3.34. The molecule has 0 saturated carbocycles. The maximum atomic E-state index is 4.62. The summed E-state index contributed by atoms with van der Waals surface area (Å²) in [6, 6.07) is 19.3. The lowest BCUT2D eigenvalue weighted by atomic mass is 10.1. The molecular formula is C24H31N5. The molecule has 4 rings (SSSR count). The van der Waals surface area contributed by atoms with E-state index < -0.39 is 0 Å². The van der Waals surface area contributed by atoms with Gasteiger partial charge in [0.05, 0.1) is 0 Å². The monoisotopic (exact) mass is 389 g/mol. The van der Waals surface area contributed by atoms with Gasteiger partial charge in [-0.2, -0.15) is 0 Å². The molecule has 29 heavy (non-hydrogen) atoms. The first-order chi connectivity index (χ1) is 14.4. The number of fused-ring (bicyclic) bond motifs is 1. The van der Waals surface area contributed by atoms with Crippen LogP contribution in [0, 0.1) is 0 Å². The van der Waals surface area contributed by atoms with Crippen molar-refractivity contribution in [3.8, 4) is 0 Å². The van der Waals surface area contributed by atoms with E-state index in [1.54, 1.807) is 12.4 Å². The van der Waals surface area contributed by atoms with Gasteiger partial charge in [0.2, 0.25) is 0 Å². The fraction of sp³-hybridized carbons (Fsp3) is 0.250. The largest absolute Gasteiger partial charge is 0.324 e. The summed E-state index contributed by atoms with van der Waals surface area (Å²) in [6.45, 7) is 12.0. The zero-order valence-electron chi connectivity index (χ0n) is 18.2. The number of hydrogen-bond acceptors (Lipinski definition) is 4. The second-order valence-electron chi connectivity index (χ2n) is 4.97. The minimum absolute atomic E-state index is 0.639. The highest BCUT2D eigenvalue weighted by molar-refractivity contribution is 6.26. The van der Waals surface area contributed by atoms with Crippen molar-refractivity contribution in [3.05, 3.63) is 84.2 Å². The van der Waals surface area contributed by atoms with Crippen LogP contribution < -0.4 is 5.32 Å². The number of anilines is 1. The summed E-state index contributed by atoms with van der Waals surface area (Å²) < 4.78 is 0. The molecule has 0 fully saturated rings. The molecule has 0 aliphatic carbocycles. The maximum absolute atomic E-state index is 4.62. The van der Waals surface area contributed by atoms with Crippen LogP contribution in [0.4, 0.5) is 11.6 Å². The van der Waals surface area contributed by atoms with Crippen LogP contribution in [-0.4, -0.2) is 21.6 Å². The van der Waals surface area contributed by atoms with E-state index in [1.807, 2.05) is 102 Å². The Morgan fingerprint density at radius 3 is 1.83 bits per heavy atom. The topological polar surface area (TPSA) is 62.5 Å². The molecule has 5 heteroatoms. The summed E-state index contributed by atoms with van der Waals surface area (Å²) in [5.41, 5.74) is 1.99. The van der Waals surface area contributed by atoms with E-state index in [2.05, 4.69) is 25.3 Å². The van der Waals surface area contributed by atoms with E-state index in [-0.39, 0.29) is 0 Å². The normalized spacial score (nSPS) is 12.1. The molecule has 2 aromatic heterocycles. The SMILES string of the molecule is CC.CC.CC.c1ccc(N=C2N=C(Nc3ccccn3)c3ccccc32)nc1. The molecule has 0 bridgehead atoms. The van der Waals surface area contributed by atoms with Crippen molar-refractivity contribution in [1.29, 1.82) is 0 Å². The van der Waals surface area contributed by atoms with Crippen LogP contribution in [0.15, 0.2) is 83.0 Å². The first-order valence-corrected chi connectivity index (χ1v) is 10.3. The number of aliphatic imine (C=N–C) groups is 2. The lowest BCUT2D eigenvalue weighted by Crippen LogP contribution is -2.12. The van der Waals surface area contributed by atoms with Crippen molar-refractivity contribution in [2.45, 2.75) is 41.5 Å². The van der Waals surface area contributed by atoms with Crippen molar-refractivity contribution >= 4 is 23.3 Å². The van der Waals surface area contributed by atoms with Crippen molar-refractivity contribution < 1.29 is 0 Å². The molecule has 3 aromatic rings. The summed E-state index contributed by atoms with van der Waals surface area (Å²) in [5, 5.41) is 3.25. The summed E-state index contributed by atoms with van der Waals surface area (Å²) in [6.07, 6.45) is 3.46. The molecule has 0 radical (unpaired) electrons. The summed E-state index contributed by atoms with van der Waals surface area (Å²) in [5.74, 6) is 2.78. The smallest absolute Gasteiger partial charge is 0.164 e. The fourth-order valence-corrected chi connectivity index (χ4v) is 2.38. The second kappa shape index (κ2) is 13.8. The first kappa shape index (κ1) is 23.7. The van der Waals surface area contributed by atoms with Gasteiger partial charge in [0.25, 0.3) is 0 Å². The zero-order chi connectivity index (χ0) is 21.5. The van der Waals surface area contributed by atoms with Crippen LogP contribution >= 0.6 is 0 Å². The van der Waals surface area contributed by atoms with Gasteiger partial charge in [0.15, 0.2) is 11.7 Å². The van der Waals surface area contributed by atoms with Gasteiger partial charge in [-0.15, -0.1) is 0 Å². The number of rotatable bonds is 2. The lowest BCUT2D eigenvalue weighted by molar-refractivity contribution is 1.27. The Bertz CT molecular complexity index is 887. The van der Waals surface area contributed by atoms with Crippen LogP contribution in [0.1, 0.15) is 52.7 Å². The van der Waals surface area contributed by atoms with Crippen LogP contribution in [0.3, 0.4) is 0 Å². The third-order valence-corrected chi connectivity index (χ3v) is 3.42. The van der Waals surface area contributed by atoms with Crippen molar-refractivity contribution in [1.82, 2.24) is 9.97 Å². The highest BCUT2D eigenvalue weighted by atomic mass is 15.1. The van der Waals surface area contributed by atoms with Gasteiger partial charge in [-0.25, -0.2) is 20.0 Å². The molecule has 0 spiro atoms. The lowest BCUT2D eigenvalue weighted by Gasteiger charge is -2.05. The molecule has 0 saturated heterocycles. The molecule has 152 valence electrons. The highest BCUT2D eigenvalue weighted by Crippen LogP contribution is 2.22. The van der Waals surface area contributed by atoms with Gasteiger partial charge >= 0.3 is 0 Å². The standard InChI is InChI=1S/C18H13N5.3C2H6/c1-2-8-14-13(7-1)17(21-15-9-3-5-11-19-15)23-18(14)22-16-10-4-6-12-20-16;3*1-2/h1-12H,(H,19,20,21,22,23);3*1-2H3. The van der Waals surface area contributed by atoms with E-state index in [9.17, 15) is 0 Å². The predicted molar refractivity (Wildman–Crippen MR) is 125 cm³/mol. The molecule has 5 nitrogen and oxygen atoms in total. The number of pyridine rings is 2. The Kier molecular flexibility index (Phi) is 11.3. The van der Waals surface area contributed by atoms with Crippen LogP contribution in [0.5, 0.6) is 0 Å². The van der Waals surface area contributed by atoms with Gasteiger partial charge < -0.3 is 5.32 Å². The summed E-state index contributed by atoms with van der Waals surface area (Å²) in [7, 11) is 0. The van der Waals surface area contributed by atoms with E-state index >= 15 is 0 Å². The van der Waals surface area contributed by atoms with E-state index in [0.717, 1.165) is 22.8 Å². The molecular weight excluding hydrogens is 358 g/mol. The molecule has 1 aliphatic heterocycles. The van der Waals surface area contributed by atoms with Gasteiger partial charge in [-0.1, -0.05) is 77.9 Å². The predicted octanol–water partition coefficient (Wildman–Crippen LogP) is 6.51. The molecule has 0 amide bonds. The van der Waals surface area contributed by atoms with E-state index in [4.69, 9.17) is 0 Å². The number of nitrogens with zero attached hydrogens (tertiary/aromatic N) is 4. The van der Waals surface area contributed by atoms with E-state index in [1.165, 1.54) is 0 Å². The number of hydrogen-bond donors (Lipinski definition) is 1. The van der Waals surface area contributed by atoms with Gasteiger partial charge in [0.1, 0.15) is 11.7 Å². The van der Waals surface area contributed by atoms with E-state index in [0.29, 0.717) is 11.7 Å². The third kappa shape index (κ3) is 6.64. The average molecular weight is 390 g/mol. The number of nitrogens with one attached hydrogen (secondary N) is 1. The van der Waals surface area contributed by atoms with Gasteiger partial charge in [0, 0.05) is 23.5 Å². The third-order valence-electron chi connectivity index (χ3n) is 3.42. The van der Waals surface area contributed by atoms with Gasteiger partial charge in [-0.05, 0) is 24.3 Å². The average Bonchev–Trinajstić information content (AvgIpc) is 3.16. The zero-order valence-corrected chi connectivity index (χ0v) is 18.2. The number of benzene rings is 1. The minimum Gasteiger partial charge on any atom is -0.324 e. The molecule has 1 aromatic carbocycles. The molecule has 1 N–H and O–H groups in total. The van der Waals surface area contributed by atoms with Crippen molar-refractivity contribution in [2.75, 3.05) is 5.32 Å². The summed E-state index contributed by atoms with van der Waals surface area (Å²) >= 11 is 0. The number of aromatic nitrogens is 2. The Morgan fingerprint density at radius 1 is 0.655 bits per heavy atom. The minimum atomic E-state index is 0.639. The van der Waals surface area contributed by atoms with Gasteiger partial charge in [-0.3, -0.25) is 0 Å². The first-order valence-electron chi connectivity index (χ1n) is 10.3. The summed E-state index contributed by atoms with van der Waals surface area (Å²) in [4.78, 5) is 17.7.